The lowest BCUT2D eigenvalue weighted by Crippen LogP contribution is -2.24. The molecule has 0 spiro atoms. The maximum absolute atomic E-state index is 11.2. The van der Waals surface area contributed by atoms with Gasteiger partial charge in [-0.3, -0.25) is 0 Å². The smallest absolute Gasteiger partial charge is 0.151 e. The van der Waals surface area contributed by atoms with E-state index in [4.69, 9.17) is 0 Å². The lowest BCUT2D eigenvalue weighted by Gasteiger charge is -2.00. The SMILES string of the molecule is CCS(=O)(=O)CCNCC#Cc1ccccc1. The quantitative estimate of drug-likeness (QED) is 0.629. The molecule has 0 saturated heterocycles. The molecule has 0 unspecified atom stereocenters. The first-order valence-electron chi connectivity index (χ1n) is 5.59. The molecule has 0 fully saturated rings. The number of hydrogen-bond acceptors (Lipinski definition) is 3. The van der Waals surface area contributed by atoms with Crippen molar-refractivity contribution in [2.24, 2.45) is 0 Å². The second kappa shape index (κ2) is 7.10. The van der Waals surface area contributed by atoms with E-state index in [1.165, 1.54) is 0 Å². The Labute approximate surface area is 103 Å². The van der Waals surface area contributed by atoms with E-state index in [0.29, 0.717) is 13.1 Å². The average molecular weight is 251 g/mol. The minimum Gasteiger partial charge on any atom is -0.305 e. The van der Waals surface area contributed by atoms with Crippen LogP contribution in [0.4, 0.5) is 0 Å². The molecular formula is C13H17NO2S. The molecule has 1 aromatic carbocycles. The van der Waals surface area contributed by atoms with Crippen LogP contribution in [0.1, 0.15) is 12.5 Å². The number of benzene rings is 1. The lowest BCUT2D eigenvalue weighted by atomic mass is 10.2. The molecule has 0 radical (unpaired) electrons. The lowest BCUT2D eigenvalue weighted by molar-refractivity contribution is 0.594. The van der Waals surface area contributed by atoms with Crippen LogP contribution in [0.15, 0.2) is 30.3 Å². The highest BCUT2D eigenvalue weighted by molar-refractivity contribution is 7.91. The molecule has 0 heterocycles. The summed E-state index contributed by atoms with van der Waals surface area (Å²) >= 11 is 0. The van der Waals surface area contributed by atoms with Gasteiger partial charge >= 0.3 is 0 Å². The van der Waals surface area contributed by atoms with Crippen LogP contribution >= 0.6 is 0 Å². The molecule has 0 saturated carbocycles. The molecule has 0 bridgehead atoms. The zero-order valence-corrected chi connectivity index (χ0v) is 10.8. The standard InChI is InChI=1S/C13H17NO2S/c1-2-17(15,16)12-11-14-10-6-9-13-7-4-3-5-8-13/h3-5,7-8,14H,2,10-12H2,1H3. The van der Waals surface area contributed by atoms with Crippen molar-refractivity contribution in [2.45, 2.75) is 6.92 Å². The second-order valence-corrected chi connectivity index (χ2v) is 6.05. The molecule has 17 heavy (non-hydrogen) atoms. The third-order valence-electron chi connectivity index (χ3n) is 2.25. The molecule has 0 aromatic heterocycles. The molecule has 1 aromatic rings. The van der Waals surface area contributed by atoms with E-state index in [9.17, 15) is 8.42 Å². The number of hydrogen-bond donors (Lipinski definition) is 1. The van der Waals surface area contributed by atoms with Crippen LogP contribution in [0.2, 0.25) is 0 Å². The van der Waals surface area contributed by atoms with Gasteiger partial charge in [-0.2, -0.15) is 0 Å². The maximum atomic E-state index is 11.2. The highest BCUT2D eigenvalue weighted by Gasteiger charge is 2.04. The van der Waals surface area contributed by atoms with Gasteiger partial charge in [0.25, 0.3) is 0 Å². The summed E-state index contributed by atoms with van der Waals surface area (Å²) in [6.07, 6.45) is 0. The van der Waals surface area contributed by atoms with Crippen molar-refractivity contribution >= 4 is 9.84 Å². The summed E-state index contributed by atoms with van der Waals surface area (Å²) in [6.45, 7) is 2.62. The monoisotopic (exact) mass is 251 g/mol. The Morgan fingerprint density at radius 1 is 1.24 bits per heavy atom. The maximum Gasteiger partial charge on any atom is 0.151 e. The van der Waals surface area contributed by atoms with Crippen LogP contribution in [0.3, 0.4) is 0 Å². The highest BCUT2D eigenvalue weighted by atomic mass is 32.2. The van der Waals surface area contributed by atoms with Crippen molar-refractivity contribution in [1.82, 2.24) is 5.32 Å². The Kier molecular flexibility index (Phi) is 5.75. The van der Waals surface area contributed by atoms with Crippen molar-refractivity contribution in [3.8, 4) is 11.8 Å². The largest absolute Gasteiger partial charge is 0.305 e. The third kappa shape index (κ3) is 6.10. The van der Waals surface area contributed by atoms with E-state index < -0.39 is 9.84 Å². The minimum atomic E-state index is -2.87. The molecule has 0 aliphatic carbocycles. The first-order valence-corrected chi connectivity index (χ1v) is 7.41. The van der Waals surface area contributed by atoms with Gasteiger partial charge in [-0.15, -0.1) is 0 Å². The van der Waals surface area contributed by atoms with Crippen molar-refractivity contribution in [3.05, 3.63) is 35.9 Å². The minimum absolute atomic E-state index is 0.177. The summed E-state index contributed by atoms with van der Waals surface area (Å²) < 4.78 is 22.4. The van der Waals surface area contributed by atoms with Gasteiger partial charge in [0.15, 0.2) is 9.84 Å². The van der Waals surface area contributed by atoms with Crippen LogP contribution in [-0.2, 0) is 9.84 Å². The summed E-state index contributed by atoms with van der Waals surface area (Å²) in [6, 6.07) is 9.69. The number of sulfone groups is 1. The van der Waals surface area contributed by atoms with Crippen molar-refractivity contribution in [2.75, 3.05) is 24.6 Å². The van der Waals surface area contributed by atoms with E-state index in [-0.39, 0.29) is 11.5 Å². The topological polar surface area (TPSA) is 46.2 Å². The number of nitrogens with one attached hydrogen (secondary N) is 1. The summed E-state index contributed by atoms with van der Waals surface area (Å²) in [5, 5.41) is 2.99. The highest BCUT2D eigenvalue weighted by Crippen LogP contribution is 1.94. The van der Waals surface area contributed by atoms with Crippen LogP contribution < -0.4 is 5.32 Å². The Hall–Kier alpha value is -1.31. The predicted octanol–water partition coefficient (Wildman–Crippen LogP) is 1.06. The van der Waals surface area contributed by atoms with Crippen molar-refractivity contribution in [3.63, 3.8) is 0 Å². The Bertz CT molecular complexity index is 483. The van der Waals surface area contributed by atoms with E-state index >= 15 is 0 Å². The first kappa shape index (κ1) is 13.8. The van der Waals surface area contributed by atoms with E-state index in [1.807, 2.05) is 30.3 Å². The normalized spacial score (nSPS) is 10.6. The predicted molar refractivity (Wildman–Crippen MR) is 70.5 cm³/mol. The zero-order chi connectivity index (χ0) is 12.6. The summed E-state index contributed by atoms with van der Waals surface area (Å²) in [5.41, 5.74) is 0.968. The van der Waals surface area contributed by atoms with E-state index in [1.54, 1.807) is 6.92 Å². The van der Waals surface area contributed by atoms with Crippen LogP contribution in [0.5, 0.6) is 0 Å². The van der Waals surface area contributed by atoms with Gasteiger partial charge in [-0.25, -0.2) is 8.42 Å². The van der Waals surface area contributed by atoms with Gasteiger partial charge in [0.1, 0.15) is 0 Å². The Morgan fingerprint density at radius 2 is 1.94 bits per heavy atom. The molecule has 0 aliphatic heterocycles. The van der Waals surface area contributed by atoms with Crippen LogP contribution in [-0.4, -0.2) is 33.0 Å². The molecule has 4 heteroatoms. The zero-order valence-electron chi connectivity index (χ0n) is 9.94. The molecule has 0 aliphatic rings. The molecule has 1 N–H and O–H groups in total. The molecule has 1 rings (SSSR count). The molecule has 0 atom stereocenters. The average Bonchev–Trinajstić information content (AvgIpc) is 2.35. The third-order valence-corrected chi connectivity index (χ3v) is 3.96. The van der Waals surface area contributed by atoms with Crippen molar-refractivity contribution in [1.29, 1.82) is 0 Å². The fourth-order valence-corrected chi connectivity index (χ4v) is 1.93. The molecule has 92 valence electrons. The van der Waals surface area contributed by atoms with Gasteiger partial charge in [0.05, 0.1) is 12.3 Å². The van der Waals surface area contributed by atoms with Gasteiger partial charge in [-0.05, 0) is 12.1 Å². The van der Waals surface area contributed by atoms with Gasteiger partial charge in [0, 0.05) is 17.9 Å². The fourth-order valence-electron chi connectivity index (χ4n) is 1.19. The summed E-state index contributed by atoms with van der Waals surface area (Å²) in [5.74, 6) is 6.32. The van der Waals surface area contributed by atoms with E-state index in [0.717, 1.165) is 5.56 Å². The van der Waals surface area contributed by atoms with Gasteiger partial charge in [0.2, 0.25) is 0 Å². The van der Waals surface area contributed by atoms with Crippen molar-refractivity contribution < 1.29 is 8.42 Å². The summed E-state index contributed by atoms with van der Waals surface area (Å²) in [7, 11) is -2.87. The Balaban J connectivity index is 2.24. The molecule has 0 amide bonds. The van der Waals surface area contributed by atoms with Gasteiger partial charge in [-0.1, -0.05) is 37.0 Å². The first-order chi connectivity index (χ1) is 8.14. The van der Waals surface area contributed by atoms with Crippen LogP contribution in [0, 0.1) is 11.8 Å². The van der Waals surface area contributed by atoms with Gasteiger partial charge < -0.3 is 5.32 Å². The van der Waals surface area contributed by atoms with Crippen LogP contribution in [0.25, 0.3) is 0 Å². The molecular weight excluding hydrogens is 234 g/mol. The van der Waals surface area contributed by atoms with E-state index in [2.05, 4.69) is 17.2 Å². The number of rotatable bonds is 5. The molecule has 3 nitrogen and oxygen atoms in total. The fraction of sp³-hybridized carbons (Fsp3) is 0.385. The second-order valence-electron chi connectivity index (χ2n) is 3.58. The summed E-state index contributed by atoms with van der Waals surface area (Å²) in [4.78, 5) is 0. The Morgan fingerprint density at radius 3 is 2.59 bits per heavy atom.